The Hall–Kier alpha value is -1.26. The molecule has 0 bridgehead atoms. The Labute approximate surface area is 103 Å². The van der Waals surface area contributed by atoms with Gasteiger partial charge in [-0.1, -0.05) is 0 Å². The summed E-state index contributed by atoms with van der Waals surface area (Å²) in [5, 5.41) is 12.6. The van der Waals surface area contributed by atoms with Crippen LogP contribution >= 0.6 is 0 Å². The van der Waals surface area contributed by atoms with E-state index in [2.05, 4.69) is 5.32 Å². The van der Waals surface area contributed by atoms with Gasteiger partial charge in [0.2, 0.25) is 0 Å². The number of aliphatic hydroxyl groups excluding tert-OH is 1. The predicted molar refractivity (Wildman–Crippen MR) is 68.6 cm³/mol. The fourth-order valence-electron chi connectivity index (χ4n) is 1.26. The highest BCUT2D eigenvalue weighted by Gasteiger charge is 2.06. The first kappa shape index (κ1) is 13.8. The lowest BCUT2D eigenvalue weighted by Crippen LogP contribution is -2.25. The summed E-state index contributed by atoms with van der Waals surface area (Å²) in [6.45, 7) is 4.41. The molecule has 1 unspecified atom stereocenters. The molecule has 17 heavy (non-hydrogen) atoms. The van der Waals surface area contributed by atoms with Crippen LogP contribution in [0.4, 0.5) is 5.69 Å². The molecular formula is C13H21NO3. The van der Waals surface area contributed by atoms with Crippen LogP contribution in [-0.4, -0.2) is 37.6 Å². The summed E-state index contributed by atoms with van der Waals surface area (Å²) in [7, 11) is 1.86. The molecule has 0 saturated carbocycles. The minimum Gasteiger partial charge on any atom is -0.491 e. The van der Waals surface area contributed by atoms with Gasteiger partial charge in [-0.05, 0) is 38.1 Å². The molecule has 0 radical (unpaired) electrons. The van der Waals surface area contributed by atoms with Gasteiger partial charge in [0.05, 0.1) is 12.7 Å². The molecule has 2 N–H and O–H groups in total. The number of hydrogen-bond donors (Lipinski definition) is 2. The number of aliphatic hydroxyl groups is 1. The molecular weight excluding hydrogens is 218 g/mol. The highest BCUT2D eigenvalue weighted by Crippen LogP contribution is 2.15. The van der Waals surface area contributed by atoms with Crippen LogP contribution in [0.15, 0.2) is 24.3 Å². The Morgan fingerprint density at radius 2 is 1.82 bits per heavy atom. The number of anilines is 1. The van der Waals surface area contributed by atoms with Crippen molar-refractivity contribution in [1.29, 1.82) is 0 Å². The van der Waals surface area contributed by atoms with E-state index < -0.39 is 6.10 Å². The van der Waals surface area contributed by atoms with E-state index in [0.29, 0.717) is 6.61 Å². The van der Waals surface area contributed by atoms with E-state index in [-0.39, 0.29) is 12.7 Å². The van der Waals surface area contributed by atoms with Crippen LogP contribution in [0.25, 0.3) is 0 Å². The lowest BCUT2D eigenvalue weighted by atomic mass is 10.3. The quantitative estimate of drug-likeness (QED) is 0.763. The van der Waals surface area contributed by atoms with Gasteiger partial charge in [0.15, 0.2) is 0 Å². The highest BCUT2D eigenvalue weighted by atomic mass is 16.5. The summed E-state index contributed by atoms with van der Waals surface area (Å²) in [5.41, 5.74) is 1.03. The maximum absolute atomic E-state index is 9.60. The van der Waals surface area contributed by atoms with Gasteiger partial charge in [-0.2, -0.15) is 0 Å². The number of hydrogen-bond acceptors (Lipinski definition) is 4. The minimum absolute atomic E-state index is 0.125. The molecule has 4 nitrogen and oxygen atoms in total. The van der Waals surface area contributed by atoms with E-state index >= 15 is 0 Å². The fraction of sp³-hybridized carbons (Fsp3) is 0.538. The van der Waals surface area contributed by atoms with E-state index in [1.54, 1.807) is 0 Å². The normalized spacial score (nSPS) is 12.5. The number of rotatable bonds is 7. The van der Waals surface area contributed by atoms with Crippen LogP contribution in [-0.2, 0) is 4.74 Å². The van der Waals surface area contributed by atoms with Crippen LogP contribution in [0, 0.1) is 0 Å². The van der Waals surface area contributed by atoms with Gasteiger partial charge in [-0.15, -0.1) is 0 Å². The van der Waals surface area contributed by atoms with Crippen molar-refractivity contribution in [3.8, 4) is 5.75 Å². The van der Waals surface area contributed by atoms with Crippen molar-refractivity contribution in [1.82, 2.24) is 0 Å². The van der Waals surface area contributed by atoms with Crippen molar-refractivity contribution >= 4 is 5.69 Å². The van der Waals surface area contributed by atoms with Crippen LogP contribution in [0.5, 0.6) is 5.75 Å². The Morgan fingerprint density at radius 3 is 2.35 bits per heavy atom. The molecule has 1 aromatic rings. The topological polar surface area (TPSA) is 50.7 Å². The number of benzene rings is 1. The summed E-state index contributed by atoms with van der Waals surface area (Å²) < 4.78 is 10.7. The minimum atomic E-state index is -0.596. The second-order valence-electron chi connectivity index (χ2n) is 4.12. The summed E-state index contributed by atoms with van der Waals surface area (Å²) >= 11 is 0. The van der Waals surface area contributed by atoms with Gasteiger partial charge in [-0.3, -0.25) is 0 Å². The number of nitrogens with one attached hydrogen (secondary N) is 1. The van der Waals surface area contributed by atoms with E-state index in [0.717, 1.165) is 11.4 Å². The Kier molecular flexibility index (Phi) is 5.80. The van der Waals surface area contributed by atoms with Gasteiger partial charge in [-0.25, -0.2) is 0 Å². The second-order valence-corrected chi connectivity index (χ2v) is 4.12. The summed E-state index contributed by atoms with van der Waals surface area (Å²) in [6.07, 6.45) is -0.471. The zero-order chi connectivity index (χ0) is 12.7. The van der Waals surface area contributed by atoms with Crippen molar-refractivity contribution in [3.63, 3.8) is 0 Å². The first-order valence-electron chi connectivity index (χ1n) is 5.82. The fourth-order valence-corrected chi connectivity index (χ4v) is 1.26. The largest absolute Gasteiger partial charge is 0.491 e. The lowest BCUT2D eigenvalue weighted by molar-refractivity contribution is -0.0122. The summed E-state index contributed by atoms with van der Waals surface area (Å²) in [5.74, 6) is 0.743. The number of ether oxygens (including phenoxy) is 2. The molecule has 0 aliphatic rings. The lowest BCUT2D eigenvalue weighted by Gasteiger charge is -2.14. The molecule has 0 aliphatic heterocycles. The Balaban J connectivity index is 2.29. The third kappa shape index (κ3) is 5.56. The van der Waals surface area contributed by atoms with E-state index in [4.69, 9.17) is 9.47 Å². The Morgan fingerprint density at radius 1 is 1.18 bits per heavy atom. The molecule has 0 heterocycles. The smallest absolute Gasteiger partial charge is 0.119 e. The standard InChI is InChI=1S/C13H21NO3/c1-10(2)16-8-12(15)9-17-13-6-4-11(14-3)5-7-13/h4-7,10,12,14-15H,8-9H2,1-3H3. The zero-order valence-electron chi connectivity index (χ0n) is 10.6. The van der Waals surface area contributed by atoms with E-state index in [9.17, 15) is 5.11 Å². The van der Waals surface area contributed by atoms with Gasteiger partial charge in [0.25, 0.3) is 0 Å². The zero-order valence-corrected chi connectivity index (χ0v) is 10.6. The van der Waals surface area contributed by atoms with Crippen LogP contribution in [0.1, 0.15) is 13.8 Å². The predicted octanol–water partition coefficient (Wildman–Crippen LogP) is 1.89. The third-order valence-corrected chi connectivity index (χ3v) is 2.21. The third-order valence-electron chi connectivity index (χ3n) is 2.21. The van der Waals surface area contributed by atoms with Crippen molar-refractivity contribution in [2.75, 3.05) is 25.6 Å². The maximum atomic E-state index is 9.60. The molecule has 0 spiro atoms. The first-order valence-corrected chi connectivity index (χ1v) is 5.82. The van der Waals surface area contributed by atoms with Gasteiger partial charge in [0.1, 0.15) is 18.5 Å². The Bertz CT molecular complexity index is 311. The van der Waals surface area contributed by atoms with Gasteiger partial charge in [0, 0.05) is 12.7 Å². The molecule has 0 aliphatic carbocycles. The maximum Gasteiger partial charge on any atom is 0.119 e. The monoisotopic (exact) mass is 239 g/mol. The van der Waals surface area contributed by atoms with Crippen LogP contribution < -0.4 is 10.1 Å². The van der Waals surface area contributed by atoms with E-state index in [1.165, 1.54) is 0 Å². The van der Waals surface area contributed by atoms with Crippen molar-refractivity contribution in [2.45, 2.75) is 26.1 Å². The first-order chi connectivity index (χ1) is 8.11. The molecule has 0 saturated heterocycles. The van der Waals surface area contributed by atoms with Crippen molar-refractivity contribution in [2.24, 2.45) is 0 Å². The average Bonchev–Trinajstić information content (AvgIpc) is 2.34. The molecule has 1 aromatic carbocycles. The van der Waals surface area contributed by atoms with Crippen LogP contribution in [0.2, 0.25) is 0 Å². The average molecular weight is 239 g/mol. The summed E-state index contributed by atoms with van der Waals surface area (Å²) in [6, 6.07) is 7.57. The van der Waals surface area contributed by atoms with E-state index in [1.807, 2.05) is 45.2 Å². The second kappa shape index (κ2) is 7.14. The molecule has 0 fully saturated rings. The highest BCUT2D eigenvalue weighted by molar-refractivity contribution is 5.45. The molecule has 96 valence electrons. The molecule has 1 rings (SSSR count). The van der Waals surface area contributed by atoms with Crippen molar-refractivity contribution in [3.05, 3.63) is 24.3 Å². The van der Waals surface area contributed by atoms with Gasteiger partial charge < -0.3 is 19.9 Å². The van der Waals surface area contributed by atoms with Crippen molar-refractivity contribution < 1.29 is 14.6 Å². The molecule has 0 amide bonds. The molecule has 0 aromatic heterocycles. The van der Waals surface area contributed by atoms with Crippen LogP contribution in [0.3, 0.4) is 0 Å². The molecule has 1 atom stereocenters. The van der Waals surface area contributed by atoms with Gasteiger partial charge >= 0.3 is 0 Å². The summed E-state index contributed by atoms with van der Waals surface area (Å²) in [4.78, 5) is 0. The SMILES string of the molecule is CNc1ccc(OCC(O)COC(C)C)cc1. The molecule has 4 heteroatoms.